The maximum absolute atomic E-state index is 13.1. The van der Waals surface area contributed by atoms with Gasteiger partial charge in [-0.15, -0.1) is 5.10 Å². The number of ether oxygens (including phenoxy) is 1. The Labute approximate surface area is 364 Å². The Hall–Kier alpha value is -7.05. The van der Waals surface area contributed by atoms with Gasteiger partial charge in [-0.05, 0) is 68.5 Å². The van der Waals surface area contributed by atoms with Crippen molar-refractivity contribution in [1.82, 2.24) is 64.9 Å². The van der Waals surface area contributed by atoms with Crippen molar-refractivity contribution in [2.75, 3.05) is 71.4 Å². The molecule has 1 aliphatic rings. The number of pyridine rings is 4. The highest BCUT2D eigenvalue weighted by molar-refractivity contribution is 5.94. The monoisotopic (exact) mass is 852 g/mol. The number of para-hydroxylation sites is 1. The number of piperazine rings is 1. The van der Waals surface area contributed by atoms with Gasteiger partial charge in [0, 0.05) is 82.3 Å². The number of amides is 2. The van der Waals surface area contributed by atoms with Crippen molar-refractivity contribution in [3.05, 3.63) is 130 Å². The molecule has 0 radical (unpaired) electrons. The van der Waals surface area contributed by atoms with Gasteiger partial charge in [0.05, 0.1) is 48.0 Å². The summed E-state index contributed by atoms with van der Waals surface area (Å²) in [6.45, 7) is 9.05. The molecule has 8 rings (SSSR count). The minimum atomic E-state index is -0.298. The van der Waals surface area contributed by atoms with Crippen molar-refractivity contribution in [2.24, 2.45) is 0 Å². The van der Waals surface area contributed by atoms with Crippen molar-refractivity contribution in [3.63, 3.8) is 0 Å². The molecule has 326 valence electrons. The minimum Gasteiger partial charge on any atom is -0.492 e. The molecule has 0 unspecified atom stereocenters. The van der Waals surface area contributed by atoms with Gasteiger partial charge in [-0.25, -0.2) is 15.0 Å². The van der Waals surface area contributed by atoms with Crippen LogP contribution < -0.4 is 25.8 Å². The summed E-state index contributed by atoms with van der Waals surface area (Å²) in [5.41, 5.74) is 7.91. The van der Waals surface area contributed by atoms with Crippen molar-refractivity contribution < 1.29 is 14.3 Å². The lowest BCUT2D eigenvalue weighted by molar-refractivity contribution is 0.0940. The topological polar surface area (TPSA) is 197 Å². The number of benzene rings is 1. The third-order valence-corrected chi connectivity index (χ3v) is 11.0. The Morgan fingerprint density at radius 2 is 1.67 bits per heavy atom. The van der Waals surface area contributed by atoms with Crippen molar-refractivity contribution in [1.29, 1.82) is 0 Å². The normalized spacial score (nSPS) is 13.2. The Morgan fingerprint density at radius 1 is 0.857 bits per heavy atom. The van der Waals surface area contributed by atoms with E-state index >= 15 is 0 Å². The molecule has 2 amide bonds. The van der Waals surface area contributed by atoms with E-state index in [0.717, 1.165) is 78.4 Å². The zero-order valence-electron chi connectivity index (χ0n) is 35.8. The van der Waals surface area contributed by atoms with Gasteiger partial charge in [0.1, 0.15) is 29.3 Å². The van der Waals surface area contributed by atoms with E-state index in [1.54, 1.807) is 41.6 Å². The van der Waals surface area contributed by atoms with Crippen LogP contribution in [0.2, 0.25) is 0 Å². The van der Waals surface area contributed by atoms with Gasteiger partial charge in [-0.2, -0.15) is 0 Å². The Morgan fingerprint density at radius 3 is 2.48 bits per heavy atom. The number of imidazole rings is 1. The molecule has 0 saturated carbocycles. The highest BCUT2D eigenvalue weighted by Crippen LogP contribution is 2.22. The summed E-state index contributed by atoms with van der Waals surface area (Å²) >= 11 is 0. The van der Waals surface area contributed by atoms with Crippen molar-refractivity contribution in [3.8, 4) is 5.75 Å². The number of aryl methyl sites for hydroxylation is 1. The first-order valence-electron chi connectivity index (χ1n) is 21.3. The first kappa shape index (κ1) is 42.6. The maximum Gasteiger partial charge on any atom is 0.269 e. The SMILES string of the molecule is CCc1cc2ncc(CN3CCN(c4ccc(C(=O)NCCn5cc(CCNC(=O)c6ccc7ncn(Cc8ccccc8OCCN(C)C)c7n6)nn5)nc4)CC3)cc2[nH]c1=O. The van der Waals surface area contributed by atoms with Gasteiger partial charge in [-0.1, -0.05) is 30.3 Å². The second-order valence-corrected chi connectivity index (χ2v) is 15.8. The number of hydrogen-bond donors (Lipinski definition) is 3. The molecule has 7 aromatic rings. The molecule has 63 heavy (non-hydrogen) atoms. The number of carbonyl (C=O) groups is 2. The number of nitrogens with one attached hydrogen (secondary N) is 3. The van der Waals surface area contributed by atoms with Crippen LogP contribution >= 0.6 is 0 Å². The highest BCUT2D eigenvalue weighted by Gasteiger charge is 2.19. The third-order valence-electron chi connectivity index (χ3n) is 11.0. The summed E-state index contributed by atoms with van der Waals surface area (Å²) in [4.78, 5) is 66.2. The fourth-order valence-electron chi connectivity index (χ4n) is 7.46. The van der Waals surface area contributed by atoms with Crippen molar-refractivity contribution >= 4 is 39.7 Å². The van der Waals surface area contributed by atoms with Crippen LogP contribution in [-0.4, -0.2) is 133 Å². The molecular weight excluding hydrogens is 801 g/mol. The van der Waals surface area contributed by atoms with Gasteiger partial charge in [0.25, 0.3) is 17.4 Å². The van der Waals surface area contributed by atoms with Crippen LogP contribution in [0.3, 0.4) is 0 Å². The number of nitrogens with zero attached hydrogens (tertiary/aromatic N) is 11. The number of likely N-dealkylation sites (N-methyl/N-ethyl adjacent to an activating group) is 1. The number of H-pyrrole nitrogens is 1. The second-order valence-electron chi connectivity index (χ2n) is 15.8. The average molecular weight is 853 g/mol. The van der Waals surface area contributed by atoms with Crippen LogP contribution in [0.5, 0.6) is 5.75 Å². The van der Waals surface area contributed by atoms with Gasteiger partial charge >= 0.3 is 0 Å². The quantitative estimate of drug-likeness (QED) is 0.114. The first-order valence-corrected chi connectivity index (χ1v) is 21.3. The van der Waals surface area contributed by atoms with Crippen LogP contribution in [0.15, 0.2) is 90.4 Å². The fraction of sp³-hybridized carbons (Fsp3) is 0.356. The zero-order valence-corrected chi connectivity index (χ0v) is 35.8. The van der Waals surface area contributed by atoms with E-state index in [2.05, 4.69) is 60.6 Å². The van der Waals surface area contributed by atoms with Crippen LogP contribution in [-0.2, 0) is 32.5 Å². The molecule has 1 fully saturated rings. The van der Waals surface area contributed by atoms with E-state index in [1.165, 1.54) is 0 Å². The largest absolute Gasteiger partial charge is 0.492 e. The lowest BCUT2D eigenvalue weighted by Crippen LogP contribution is -2.46. The zero-order chi connectivity index (χ0) is 43.7. The molecular formula is C45H52N14O4. The van der Waals surface area contributed by atoms with E-state index < -0.39 is 0 Å². The third kappa shape index (κ3) is 10.7. The summed E-state index contributed by atoms with van der Waals surface area (Å²) in [5.74, 6) is 0.238. The van der Waals surface area contributed by atoms with Crippen LogP contribution in [0.1, 0.15) is 50.3 Å². The summed E-state index contributed by atoms with van der Waals surface area (Å²) in [6, 6.07) is 18.9. The van der Waals surface area contributed by atoms with E-state index in [0.29, 0.717) is 73.9 Å². The summed E-state index contributed by atoms with van der Waals surface area (Å²) in [5, 5.41) is 14.3. The molecule has 0 aliphatic carbocycles. The second kappa shape index (κ2) is 19.8. The van der Waals surface area contributed by atoms with Gasteiger partial charge in [-0.3, -0.25) is 28.9 Å². The van der Waals surface area contributed by atoms with Crippen LogP contribution in [0.25, 0.3) is 22.2 Å². The molecule has 0 spiro atoms. The Kier molecular flexibility index (Phi) is 13.4. The molecule has 1 aliphatic heterocycles. The molecule has 0 bridgehead atoms. The number of aromatic amines is 1. The fourth-order valence-corrected chi connectivity index (χ4v) is 7.46. The number of fused-ring (bicyclic) bond motifs is 2. The summed E-state index contributed by atoms with van der Waals surface area (Å²) in [7, 11) is 4.02. The standard InChI is InChI=1S/C45H52N14O4/c1-4-32-24-39-40(52-43(32)60)23-31(25-48-39)27-56-17-19-57(20-18-56)35-9-10-37(49-26-35)44(61)47-15-16-59-29-34(53-54-59)13-14-46-45(62)38-12-11-36-42(51-38)58(30-50-36)28-33-7-5-6-8-41(33)63-22-21-55(2)3/h5-12,23-26,29-30H,4,13-22,27-28H2,1-3H3,(H,46,62)(H,47,61)(H,52,60). The molecule has 18 heteroatoms. The van der Waals surface area contributed by atoms with Crippen LogP contribution in [0.4, 0.5) is 5.69 Å². The van der Waals surface area contributed by atoms with Gasteiger partial charge in [0.15, 0.2) is 5.65 Å². The number of rotatable bonds is 18. The first-order chi connectivity index (χ1) is 30.7. The number of anilines is 1. The summed E-state index contributed by atoms with van der Waals surface area (Å²) in [6.07, 6.45) is 8.31. The molecule has 18 nitrogen and oxygen atoms in total. The van der Waals surface area contributed by atoms with Gasteiger partial charge < -0.3 is 34.7 Å². The molecule has 1 saturated heterocycles. The van der Waals surface area contributed by atoms with E-state index in [4.69, 9.17) is 4.74 Å². The Balaban J connectivity index is 0.751. The number of hydrogen-bond acceptors (Lipinski definition) is 13. The van der Waals surface area contributed by atoms with E-state index in [1.807, 2.05) is 74.2 Å². The lowest BCUT2D eigenvalue weighted by atomic mass is 10.1. The Bertz CT molecular complexity index is 2740. The van der Waals surface area contributed by atoms with Crippen molar-refractivity contribution in [2.45, 2.75) is 39.4 Å². The number of carbonyl (C=O) groups excluding carboxylic acids is 2. The lowest BCUT2D eigenvalue weighted by Gasteiger charge is -2.36. The molecule has 6 aromatic heterocycles. The minimum absolute atomic E-state index is 0.0564. The van der Waals surface area contributed by atoms with E-state index in [-0.39, 0.29) is 17.4 Å². The molecule has 1 aromatic carbocycles. The maximum atomic E-state index is 13.1. The molecule has 7 heterocycles. The predicted octanol–water partition coefficient (Wildman–Crippen LogP) is 2.93. The van der Waals surface area contributed by atoms with Gasteiger partial charge in [0.2, 0.25) is 0 Å². The smallest absolute Gasteiger partial charge is 0.269 e. The molecule has 3 N–H and O–H groups in total. The van der Waals surface area contributed by atoms with Crippen LogP contribution in [0, 0.1) is 0 Å². The highest BCUT2D eigenvalue weighted by atomic mass is 16.5. The average Bonchev–Trinajstić information content (AvgIpc) is 3.93. The number of aromatic nitrogens is 9. The predicted molar refractivity (Wildman–Crippen MR) is 239 cm³/mol. The molecule has 0 atom stereocenters. The van der Waals surface area contributed by atoms with E-state index in [9.17, 15) is 14.4 Å². The summed E-state index contributed by atoms with van der Waals surface area (Å²) < 4.78 is 9.62.